The lowest BCUT2D eigenvalue weighted by atomic mass is 10.2. The van der Waals surface area contributed by atoms with Crippen LogP contribution >= 0.6 is 0 Å². The zero-order chi connectivity index (χ0) is 16.6. The summed E-state index contributed by atoms with van der Waals surface area (Å²) in [7, 11) is 0. The van der Waals surface area contributed by atoms with Gasteiger partial charge in [-0.15, -0.1) is 0 Å². The minimum absolute atomic E-state index is 0.326. The summed E-state index contributed by atoms with van der Waals surface area (Å²) in [6.45, 7) is 3.38. The van der Waals surface area contributed by atoms with E-state index in [4.69, 9.17) is 0 Å². The molecule has 1 aromatic heterocycles. The van der Waals surface area contributed by atoms with Gasteiger partial charge in [-0.1, -0.05) is 6.07 Å². The summed E-state index contributed by atoms with van der Waals surface area (Å²) in [5.74, 6) is -0.437. The third-order valence-corrected chi connectivity index (χ3v) is 4.05. The normalized spacial score (nSPS) is 15.3. The van der Waals surface area contributed by atoms with Gasteiger partial charge in [0.25, 0.3) is 5.56 Å². The monoisotopic (exact) mass is 315 g/mol. The van der Waals surface area contributed by atoms with Gasteiger partial charge in [-0.3, -0.25) is 9.59 Å². The Bertz CT molecular complexity index is 812. The van der Waals surface area contributed by atoms with Crippen LogP contribution in [0.2, 0.25) is 0 Å². The molecule has 5 nitrogen and oxygen atoms in total. The van der Waals surface area contributed by atoms with Crippen molar-refractivity contribution in [1.29, 1.82) is 0 Å². The third kappa shape index (κ3) is 3.31. The zero-order valence-corrected chi connectivity index (χ0v) is 13.0. The molecule has 1 unspecified atom stereocenters. The first-order valence-electron chi connectivity index (χ1n) is 7.62. The van der Waals surface area contributed by atoms with Crippen molar-refractivity contribution in [3.63, 3.8) is 0 Å². The van der Waals surface area contributed by atoms with Gasteiger partial charge in [0.05, 0.1) is 5.69 Å². The molecule has 1 saturated carbocycles. The van der Waals surface area contributed by atoms with E-state index >= 15 is 0 Å². The van der Waals surface area contributed by atoms with Gasteiger partial charge in [0.15, 0.2) is 0 Å². The maximum Gasteiger partial charge on any atom is 0.267 e. The molecule has 23 heavy (non-hydrogen) atoms. The molecule has 1 aromatic carbocycles. The maximum absolute atomic E-state index is 13.3. The minimum Gasteiger partial charge on any atom is -0.324 e. The average Bonchev–Trinajstić information content (AvgIpc) is 3.35. The lowest BCUT2D eigenvalue weighted by molar-refractivity contribution is -0.119. The molecule has 2 aromatic rings. The number of amides is 1. The highest BCUT2D eigenvalue weighted by Crippen LogP contribution is 2.38. The van der Waals surface area contributed by atoms with E-state index in [2.05, 4.69) is 10.4 Å². The first kappa shape index (κ1) is 15.4. The summed E-state index contributed by atoms with van der Waals surface area (Å²) in [6.07, 6.45) is 2.13. The topological polar surface area (TPSA) is 64.0 Å². The van der Waals surface area contributed by atoms with Gasteiger partial charge in [-0.2, -0.15) is 5.10 Å². The van der Waals surface area contributed by atoms with Crippen molar-refractivity contribution in [2.45, 2.75) is 38.6 Å². The second-order valence-corrected chi connectivity index (χ2v) is 5.94. The van der Waals surface area contributed by atoms with Crippen molar-refractivity contribution < 1.29 is 9.18 Å². The van der Waals surface area contributed by atoms with Gasteiger partial charge in [-0.25, -0.2) is 9.07 Å². The zero-order valence-electron chi connectivity index (χ0n) is 13.0. The molecule has 6 heteroatoms. The summed E-state index contributed by atoms with van der Waals surface area (Å²) >= 11 is 0. The number of anilines is 1. The Labute approximate surface area is 133 Å². The van der Waals surface area contributed by atoms with Gasteiger partial charge in [-0.05, 0) is 50.5 Å². The molecule has 120 valence electrons. The van der Waals surface area contributed by atoms with Crippen LogP contribution < -0.4 is 10.9 Å². The number of aromatic nitrogens is 2. The Balaban J connectivity index is 1.83. The first-order valence-corrected chi connectivity index (χ1v) is 7.62. The highest BCUT2D eigenvalue weighted by molar-refractivity contribution is 5.94. The summed E-state index contributed by atoms with van der Waals surface area (Å²) < 4.78 is 14.5. The smallest absolute Gasteiger partial charge is 0.267 e. The number of nitrogens with zero attached hydrogens (tertiary/aromatic N) is 2. The Hall–Kier alpha value is -2.50. The quantitative estimate of drug-likeness (QED) is 0.943. The molecule has 1 N–H and O–H groups in total. The molecule has 1 aliphatic carbocycles. The maximum atomic E-state index is 13.3. The molecule has 0 spiro atoms. The molecule has 1 amide bonds. The van der Waals surface area contributed by atoms with Crippen molar-refractivity contribution in [1.82, 2.24) is 9.78 Å². The van der Waals surface area contributed by atoms with Crippen LogP contribution in [0.15, 0.2) is 35.1 Å². The SMILES string of the molecule is Cc1ccc(F)cc1NC(=O)C(C)n1nc(C2CC2)ccc1=O. The molecular weight excluding hydrogens is 297 g/mol. The van der Waals surface area contributed by atoms with Crippen molar-refractivity contribution in [3.05, 3.63) is 57.8 Å². The van der Waals surface area contributed by atoms with Crippen LogP contribution in [0.4, 0.5) is 10.1 Å². The van der Waals surface area contributed by atoms with Crippen LogP contribution in [-0.4, -0.2) is 15.7 Å². The fraction of sp³-hybridized carbons (Fsp3) is 0.353. The number of nitrogens with one attached hydrogen (secondary N) is 1. The number of benzene rings is 1. The van der Waals surface area contributed by atoms with Gasteiger partial charge in [0, 0.05) is 17.7 Å². The van der Waals surface area contributed by atoms with Crippen LogP contribution in [0, 0.1) is 12.7 Å². The number of halogens is 1. The summed E-state index contributed by atoms with van der Waals surface area (Å²) in [5.41, 5.74) is 1.66. The predicted molar refractivity (Wildman–Crippen MR) is 84.9 cm³/mol. The fourth-order valence-corrected chi connectivity index (χ4v) is 2.39. The Morgan fingerprint density at radius 1 is 1.35 bits per heavy atom. The van der Waals surface area contributed by atoms with Crippen LogP contribution in [0.1, 0.15) is 43.0 Å². The van der Waals surface area contributed by atoms with Crippen LogP contribution in [-0.2, 0) is 4.79 Å². The number of carbonyl (C=O) groups is 1. The second-order valence-electron chi connectivity index (χ2n) is 5.94. The van der Waals surface area contributed by atoms with E-state index in [-0.39, 0.29) is 5.56 Å². The molecule has 3 rings (SSSR count). The van der Waals surface area contributed by atoms with E-state index in [9.17, 15) is 14.0 Å². The third-order valence-electron chi connectivity index (χ3n) is 4.05. The minimum atomic E-state index is -0.774. The fourth-order valence-electron chi connectivity index (χ4n) is 2.39. The number of hydrogen-bond acceptors (Lipinski definition) is 3. The molecule has 1 atom stereocenters. The highest BCUT2D eigenvalue weighted by Gasteiger charge is 2.27. The van der Waals surface area contributed by atoms with Crippen molar-refractivity contribution >= 4 is 11.6 Å². The molecule has 0 bridgehead atoms. The second kappa shape index (κ2) is 5.95. The summed E-state index contributed by atoms with van der Waals surface area (Å²) in [4.78, 5) is 24.4. The molecule has 1 heterocycles. The lowest BCUT2D eigenvalue weighted by Crippen LogP contribution is -2.33. The number of carbonyl (C=O) groups excluding carboxylic acids is 1. The molecule has 1 fully saturated rings. The van der Waals surface area contributed by atoms with Crippen LogP contribution in [0.3, 0.4) is 0 Å². The Morgan fingerprint density at radius 2 is 2.09 bits per heavy atom. The molecular formula is C17H18FN3O2. The van der Waals surface area contributed by atoms with Gasteiger partial charge in [0.2, 0.25) is 5.91 Å². The van der Waals surface area contributed by atoms with Gasteiger partial charge < -0.3 is 5.32 Å². The molecule has 0 aliphatic heterocycles. The van der Waals surface area contributed by atoms with Gasteiger partial charge in [0.1, 0.15) is 11.9 Å². The van der Waals surface area contributed by atoms with Crippen molar-refractivity contribution in [2.24, 2.45) is 0 Å². The van der Waals surface area contributed by atoms with Gasteiger partial charge >= 0.3 is 0 Å². The Morgan fingerprint density at radius 3 is 2.78 bits per heavy atom. The van der Waals surface area contributed by atoms with Crippen molar-refractivity contribution in [2.75, 3.05) is 5.32 Å². The number of hydrogen-bond donors (Lipinski definition) is 1. The standard InChI is InChI=1S/C17H18FN3O2/c1-10-3-6-13(18)9-15(10)19-17(23)11(2)21-16(22)8-7-14(20-21)12-4-5-12/h3,6-9,11-12H,4-5H2,1-2H3,(H,19,23). The van der Waals surface area contributed by atoms with E-state index in [0.29, 0.717) is 11.6 Å². The number of aryl methyl sites for hydroxylation is 1. The molecule has 0 radical (unpaired) electrons. The average molecular weight is 315 g/mol. The first-order chi connectivity index (χ1) is 11.0. The summed E-state index contributed by atoms with van der Waals surface area (Å²) in [5, 5.41) is 6.97. The molecule has 1 aliphatic rings. The highest BCUT2D eigenvalue weighted by atomic mass is 19.1. The predicted octanol–water partition coefficient (Wildman–Crippen LogP) is 2.77. The van der Waals surface area contributed by atoms with E-state index in [0.717, 1.165) is 24.1 Å². The number of rotatable bonds is 4. The van der Waals surface area contributed by atoms with E-state index < -0.39 is 17.8 Å². The van der Waals surface area contributed by atoms with E-state index in [1.807, 2.05) is 0 Å². The molecule has 0 saturated heterocycles. The van der Waals surface area contributed by atoms with Crippen LogP contribution in [0.5, 0.6) is 0 Å². The van der Waals surface area contributed by atoms with Crippen molar-refractivity contribution in [3.8, 4) is 0 Å². The largest absolute Gasteiger partial charge is 0.324 e. The Kier molecular flexibility index (Phi) is 3.98. The van der Waals surface area contributed by atoms with Crippen LogP contribution in [0.25, 0.3) is 0 Å². The van der Waals surface area contributed by atoms with E-state index in [1.165, 1.54) is 22.9 Å². The lowest BCUT2D eigenvalue weighted by Gasteiger charge is -2.16. The van der Waals surface area contributed by atoms with E-state index in [1.54, 1.807) is 26.0 Å². The summed E-state index contributed by atoms with van der Waals surface area (Å²) in [6, 6.07) is 6.57.